The number of aliphatic carboxylic acids is 1. The lowest BCUT2D eigenvalue weighted by atomic mass is 9.80. The maximum atomic E-state index is 11.4. The Morgan fingerprint density at radius 3 is 2.85 bits per heavy atom. The van der Waals surface area contributed by atoms with Gasteiger partial charge in [0.05, 0.1) is 0 Å². The zero-order valence-corrected chi connectivity index (χ0v) is 7.32. The third-order valence-electron chi connectivity index (χ3n) is 3.09. The Morgan fingerprint density at radius 1 is 1.38 bits per heavy atom. The van der Waals surface area contributed by atoms with E-state index in [0.29, 0.717) is 12.0 Å². The molecule has 0 bridgehead atoms. The van der Waals surface area contributed by atoms with E-state index in [9.17, 15) is 9.59 Å². The number of rotatable bonds is 1. The summed E-state index contributed by atoms with van der Waals surface area (Å²) in [6.45, 7) is 0. The summed E-state index contributed by atoms with van der Waals surface area (Å²) >= 11 is 0. The van der Waals surface area contributed by atoms with Crippen LogP contribution in [0.2, 0.25) is 0 Å². The molecule has 2 aliphatic rings. The van der Waals surface area contributed by atoms with E-state index in [1.165, 1.54) is 0 Å². The normalized spacial score (nSPS) is 32.6. The molecule has 1 saturated carbocycles. The average molecular weight is 180 g/mol. The summed E-state index contributed by atoms with van der Waals surface area (Å²) in [6, 6.07) is 0. The smallest absolute Gasteiger partial charge is 0.331 e. The van der Waals surface area contributed by atoms with Gasteiger partial charge in [0.1, 0.15) is 5.78 Å². The molecule has 0 aliphatic heterocycles. The monoisotopic (exact) mass is 180 g/mol. The molecule has 2 atom stereocenters. The van der Waals surface area contributed by atoms with Crippen molar-refractivity contribution in [3.8, 4) is 0 Å². The number of fused-ring (bicyclic) bond motifs is 1. The van der Waals surface area contributed by atoms with Crippen LogP contribution < -0.4 is 0 Å². The molecule has 1 N–H and O–H groups in total. The van der Waals surface area contributed by atoms with E-state index in [2.05, 4.69) is 0 Å². The third kappa shape index (κ3) is 1.28. The van der Waals surface area contributed by atoms with Crippen LogP contribution in [-0.4, -0.2) is 16.9 Å². The quantitative estimate of drug-likeness (QED) is 0.663. The summed E-state index contributed by atoms with van der Waals surface area (Å²) in [6.07, 6.45) is 4.68. The molecule has 0 unspecified atom stereocenters. The molecule has 70 valence electrons. The van der Waals surface area contributed by atoms with Gasteiger partial charge in [0.25, 0.3) is 0 Å². The standard InChI is InChI=1S/C10H12O3/c11-9-5-4-6-7(9)2-1-3-8(6)10(12)13/h3,6-7H,1-2,4-5H2,(H,12,13)/t6-,7-/m1/s1. The Morgan fingerprint density at radius 2 is 2.15 bits per heavy atom. The largest absolute Gasteiger partial charge is 0.478 e. The number of allylic oxidation sites excluding steroid dienone is 1. The molecular weight excluding hydrogens is 168 g/mol. The Balaban J connectivity index is 2.27. The molecular formula is C10H12O3. The predicted octanol–water partition coefficient (Wildman–Crippen LogP) is 1.39. The number of carbonyl (C=O) groups is 2. The highest BCUT2D eigenvalue weighted by molar-refractivity contribution is 5.92. The second-order valence-electron chi connectivity index (χ2n) is 3.76. The first kappa shape index (κ1) is 8.48. The fourth-order valence-electron chi connectivity index (χ4n) is 2.46. The SMILES string of the molecule is O=C(O)C1=CCC[C@H]2C(=O)CC[C@@H]12. The number of carbonyl (C=O) groups excluding carboxylic acids is 1. The van der Waals surface area contributed by atoms with Crippen molar-refractivity contribution in [2.45, 2.75) is 25.7 Å². The first-order chi connectivity index (χ1) is 6.20. The summed E-state index contributed by atoms with van der Waals surface area (Å²) in [4.78, 5) is 22.2. The van der Waals surface area contributed by atoms with Gasteiger partial charge < -0.3 is 5.11 Å². The molecule has 2 rings (SSSR count). The van der Waals surface area contributed by atoms with Gasteiger partial charge in [-0.15, -0.1) is 0 Å². The molecule has 13 heavy (non-hydrogen) atoms. The zero-order valence-electron chi connectivity index (χ0n) is 7.32. The van der Waals surface area contributed by atoms with Gasteiger partial charge in [-0.1, -0.05) is 6.08 Å². The van der Waals surface area contributed by atoms with Crippen LogP contribution in [0, 0.1) is 11.8 Å². The van der Waals surface area contributed by atoms with Crippen LogP contribution in [0.3, 0.4) is 0 Å². The topological polar surface area (TPSA) is 54.4 Å². The van der Waals surface area contributed by atoms with Crippen molar-refractivity contribution < 1.29 is 14.7 Å². The second kappa shape index (κ2) is 2.98. The lowest BCUT2D eigenvalue weighted by Gasteiger charge is -2.22. The zero-order chi connectivity index (χ0) is 9.42. The molecule has 0 saturated heterocycles. The molecule has 0 amide bonds. The highest BCUT2D eigenvalue weighted by Crippen LogP contribution is 2.40. The first-order valence-corrected chi connectivity index (χ1v) is 4.66. The van der Waals surface area contributed by atoms with Crippen LogP contribution >= 0.6 is 0 Å². The minimum Gasteiger partial charge on any atom is -0.478 e. The number of Topliss-reactive ketones (excluding diaryl/α,β-unsaturated/α-hetero) is 1. The van der Waals surface area contributed by atoms with Crippen LogP contribution in [0.4, 0.5) is 0 Å². The summed E-state index contributed by atoms with van der Waals surface area (Å²) < 4.78 is 0. The van der Waals surface area contributed by atoms with Crippen LogP contribution in [0.1, 0.15) is 25.7 Å². The van der Waals surface area contributed by atoms with Gasteiger partial charge in [0.15, 0.2) is 0 Å². The summed E-state index contributed by atoms with van der Waals surface area (Å²) in [7, 11) is 0. The number of hydrogen-bond donors (Lipinski definition) is 1. The lowest BCUT2D eigenvalue weighted by molar-refractivity contribution is -0.133. The van der Waals surface area contributed by atoms with E-state index in [1.807, 2.05) is 0 Å². The Labute approximate surface area is 76.4 Å². The number of carboxylic acids is 1. The molecule has 1 fully saturated rings. The van der Waals surface area contributed by atoms with Crippen LogP contribution in [0.25, 0.3) is 0 Å². The maximum Gasteiger partial charge on any atom is 0.331 e. The summed E-state index contributed by atoms with van der Waals surface area (Å²) in [5.41, 5.74) is 0.474. The minimum absolute atomic E-state index is 0.0103. The van der Waals surface area contributed by atoms with Crippen LogP contribution in [0.5, 0.6) is 0 Å². The molecule has 0 spiro atoms. The second-order valence-corrected chi connectivity index (χ2v) is 3.76. The molecule has 0 aromatic carbocycles. The molecule has 2 aliphatic carbocycles. The molecule has 0 aromatic heterocycles. The highest BCUT2D eigenvalue weighted by Gasteiger charge is 2.40. The molecule has 3 heteroatoms. The third-order valence-corrected chi connectivity index (χ3v) is 3.09. The lowest BCUT2D eigenvalue weighted by Crippen LogP contribution is -2.23. The van der Waals surface area contributed by atoms with Crippen molar-refractivity contribution in [2.75, 3.05) is 0 Å². The number of hydrogen-bond acceptors (Lipinski definition) is 2. The molecule has 0 heterocycles. The van der Waals surface area contributed by atoms with Crippen LogP contribution in [0.15, 0.2) is 11.6 Å². The van der Waals surface area contributed by atoms with E-state index >= 15 is 0 Å². The number of ketones is 1. The molecule has 0 radical (unpaired) electrons. The Bertz CT molecular complexity index is 291. The van der Waals surface area contributed by atoms with Gasteiger partial charge in [0, 0.05) is 23.8 Å². The van der Waals surface area contributed by atoms with Crippen LogP contribution in [-0.2, 0) is 9.59 Å². The van der Waals surface area contributed by atoms with Gasteiger partial charge in [0.2, 0.25) is 0 Å². The van der Waals surface area contributed by atoms with Crippen molar-refractivity contribution in [2.24, 2.45) is 11.8 Å². The fraction of sp³-hybridized carbons (Fsp3) is 0.600. The average Bonchev–Trinajstić information content (AvgIpc) is 2.48. The van der Waals surface area contributed by atoms with E-state index in [4.69, 9.17) is 5.11 Å². The number of carboxylic acid groups (broad SMARTS) is 1. The van der Waals surface area contributed by atoms with Crippen molar-refractivity contribution >= 4 is 11.8 Å². The van der Waals surface area contributed by atoms with Gasteiger partial charge in [-0.3, -0.25) is 4.79 Å². The molecule has 3 nitrogen and oxygen atoms in total. The highest BCUT2D eigenvalue weighted by atomic mass is 16.4. The minimum atomic E-state index is -0.843. The van der Waals surface area contributed by atoms with E-state index in [-0.39, 0.29) is 17.6 Å². The molecule has 0 aromatic rings. The van der Waals surface area contributed by atoms with Crippen molar-refractivity contribution in [1.82, 2.24) is 0 Å². The fourth-order valence-corrected chi connectivity index (χ4v) is 2.46. The van der Waals surface area contributed by atoms with Gasteiger partial charge in [-0.25, -0.2) is 4.79 Å². The maximum absolute atomic E-state index is 11.4. The van der Waals surface area contributed by atoms with E-state index < -0.39 is 5.97 Å². The van der Waals surface area contributed by atoms with Crippen molar-refractivity contribution in [3.05, 3.63) is 11.6 Å². The van der Waals surface area contributed by atoms with Gasteiger partial charge >= 0.3 is 5.97 Å². The first-order valence-electron chi connectivity index (χ1n) is 4.66. The summed E-state index contributed by atoms with van der Waals surface area (Å²) in [5, 5.41) is 8.89. The Kier molecular flexibility index (Phi) is 1.94. The van der Waals surface area contributed by atoms with Gasteiger partial charge in [-0.05, 0) is 19.3 Å². The summed E-state index contributed by atoms with van der Waals surface area (Å²) in [5.74, 6) is -0.559. The van der Waals surface area contributed by atoms with Crippen molar-refractivity contribution in [3.63, 3.8) is 0 Å². The van der Waals surface area contributed by atoms with E-state index in [0.717, 1.165) is 19.3 Å². The predicted molar refractivity (Wildman–Crippen MR) is 46.2 cm³/mol. The van der Waals surface area contributed by atoms with Gasteiger partial charge in [-0.2, -0.15) is 0 Å². The van der Waals surface area contributed by atoms with Crippen molar-refractivity contribution in [1.29, 1.82) is 0 Å². The Hall–Kier alpha value is -1.12. The van der Waals surface area contributed by atoms with E-state index in [1.54, 1.807) is 6.08 Å².